The molecule has 0 aliphatic rings. The van der Waals surface area contributed by atoms with Gasteiger partial charge in [0.25, 0.3) is 0 Å². The monoisotopic (exact) mass is 344 g/mol. The lowest BCUT2D eigenvalue weighted by molar-refractivity contribution is -0.150. The Morgan fingerprint density at radius 1 is 1.23 bits per heavy atom. The molecule has 0 saturated heterocycles. The molecule has 22 heavy (non-hydrogen) atoms. The number of carbonyl (C=O) groups excluding carboxylic acids is 2. The van der Waals surface area contributed by atoms with Crippen LogP contribution in [0.5, 0.6) is 5.75 Å². The summed E-state index contributed by atoms with van der Waals surface area (Å²) >= 11 is 12.3. The maximum absolute atomic E-state index is 12.1. The van der Waals surface area contributed by atoms with E-state index in [9.17, 15) is 9.59 Å². The molecule has 0 aliphatic carbocycles. The van der Waals surface area contributed by atoms with E-state index in [1.165, 1.54) is 12.1 Å². The summed E-state index contributed by atoms with van der Waals surface area (Å²) in [4.78, 5) is 23.7. The Bertz CT molecular complexity index is 596. The number of carbonyl (C=O) groups is 2. The molecule has 120 valence electrons. The fourth-order valence-electron chi connectivity index (χ4n) is 1.65. The first-order valence-corrected chi connectivity index (χ1v) is 7.62. The lowest BCUT2D eigenvalue weighted by Crippen LogP contribution is -2.26. The van der Waals surface area contributed by atoms with Crippen molar-refractivity contribution in [1.29, 1.82) is 0 Å². The highest BCUT2D eigenvalue weighted by molar-refractivity contribution is 6.45. The molecule has 0 amide bonds. The van der Waals surface area contributed by atoms with Gasteiger partial charge < -0.3 is 9.47 Å². The first-order valence-electron chi connectivity index (χ1n) is 6.87. The number of Topliss-reactive ketones (excluding diaryl/α,β-unsaturated/α-hetero) is 1. The van der Waals surface area contributed by atoms with E-state index in [2.05, 4.69) is 6.58 Å². The molecule has 0 radical (unpaired) electrons. The number of ether oxygens (including phenoxy) is 2. The van der Waals surface area contributed by atoms with Crippen molar-refractivity contribution in [3.63, 3.8) is 0 Å². The Balaban J connectivity index is 3.02. The molecule has 6 heteroatoms. The number of halogens is 2. The Morgan fingerprint density at radius 2 is 1.86 bits per heavy atom. The molecule has 1 unspecified atom stereocenters. The minimum Gasteiger partial charge on any atom is -0.477 e. The van der Waals surface area contributed by atoms with Gasteiger partial charge in [0.15, 0.2) is 11.9 Å². The predicted molar refractivity (Wildman–Crippen MR) is 86.9 cm³/mol. The summed E-state index contributed by atoms with van der Waals surface area (Å²) in [5.41, 5.74) is 0.696. The van der Waals surface area contributed by atoms with Gasteiger partial charge in [0.2, 0.25) is 0 Å². The fourth-order valence-corrected chi connectivity index (χ4v) is 2.10. The van der Waals surface area contributed by atoms with Gasteiger partial charge in [0, 0.05) is 5.56 Å². The van der Waals surface area contributed by atoms with Crippen LogP contribution in [0.3, 0.4) is 0 Å². The Morgan fingerprint density at radius 3 is 2.41 bits per heavy atom. The lowest BCUT2D eigenvalue weighted by Gasteiger charge is -2.16. The summed E-state index contributed by atoms with van der Waals surface area (Å²) in [7, 11) is 0. The molecule has 0 aliphatic heterocycles. The molecule has 0 fully saturated rings. The minimum absolute atomic E-state index is 0.0765. The van der Waals surface area contributed by atoms with Crippen molar-refractivity contribution in [2.75, 3.05) is 6.61 Å². The van der Waals surface area contributed by atoms with Crippen LogP contribution in [0.4, 0.5) is 0 Å². The van der Waals surface area contributed by atoms with Crippen LogP contribution in [0.1, 0.15) is 37.6 Å². The molecule has 4 nitrogen and oxygen atoms in total. The average molecular weight is 345 g/mol. The van der Waals surface area contributed by atoms with Crippen molar-refractivity contribution in [2.45, 2.75) is 33.3 Å². The first kappa shape index (κ1) is 18.5. The van der Waals surface area contributed by atoms with Crippen molar-refractivity contribution in [1.82, 2.24) is 0 Å². The number of hydrogen-bond donors (Lipinski definition) is 0. The second-order valence-electron chi connectivity index (χ2n) is 4.54. The highest BCUT2D eigenvalue weighted by atomic mass is 35.5. The van der Waals surface area contributed by atoms with E-state index in [1.54, 1.807) is 13.8 Å². The van der Waals surface area contributed by atoms with Gasteiger partial charge in [0.1, 0.15) is 10.8 Å². The number of rotatable bonds is 7. The number of esters is 1. The molecule has 1 rings (SSSR count). The largest absolute Gasteiger partial charge is 0.477 e. The molecule has 0 saturated carbocycles. The van der Waals surface area contributed by atoms with Gasteiger partial charge in [-0.3, -0.25) is 4.79 Å². The topological polar surface area (TPSA) is 52.6 Å². The summed E-state index contributed by atoms with van der Waals surface area (Å²) in [6.07, 6.45) is -0.314. The third-order valence-electron chi connectivity index (χ3n) is 2.96. The normalized spacial score (nSPS) is 11.7. The van der Waals surface area contributed by atoms with Crippen molar-refractivity contribution in [2.24, 2.45) is 0 Å². The summed E-state index contributed by atoms with van der Waals surface area (Å²) in [6, 6.07) is 3.00. The summed E-state index contributed by atoms with van der Waals surface area (Å²) < 4.78 is 10.3. The van der Waals surface area contributed by atoms with E-state index in [0.29, 0.717) is 12.0 Å². The SMILES string of the molecule is C=C(CC)C(=O)c1ccc(OC(C)C(=O)OCC)c(Cl)c1Cl. The van der Waals surface area contributed by atoms with Crippen molar-refractivity contribution in [3.8, 4) is 5.75 Å². The third-order valence-corrected chi connectivity index (χ3v) is 3.83. The standard InChI is InChI=1S/C16H18Cl2O4/c1-5-9(3)15(19)11-7-8-12(14(18)13(11)17)22-10(4)16(20)21-6-2/h7-8,10H,3,5-6H2,1-2,4H3. The summed E-state index contributed by atoms with van der Waals surface area (Å²) in [5, 5.41) is 0.155. The van der Waals surface area contributed by atoms with Crippen molar-refractivity contribution < 1.29 is 19.1 Å². The zero-order valence-electron chi connectivity index (χ0n) is 12.7. The molecule has 1 atom stereocenters. The molecule has 0 spiro atoms. The molecular formula is C16H18Cl2O4. The zero-order valence-corrected chi connectivity index (χ0v) is 14.3. The van der Waals surface area contributed by atoms with E-state index < -0.39 is 12.1 Å². The predicted octanol–water partition coefficient (Wildman–Crippen LogP) is 4.47. The highest BCUT2D eigenvalue weighted by Gasteiger charge is 2.21. The summed E-state index contributed by atoms with van der Waals surface area (Å²) in [6.45, 7) is 9.02. The maximum Gasteiger partial charge on any atom is 0.347 e. The zero-order chi connectivity index (χ0) is 16.9. The van der Waals surface area contributed by atoms with Crippen LogP contribution in [-0.4, -0.2) is 24.5 Å². The maximum atomic E-state index is 12.1. The molecule has 0 N–H and O–H groups in total. The van der Waals surface area contributed by atoms with Gasteiger partial charge in [-0.2, -0.15) is 0 Å². The second-order valence-corrected chi connectivity index (χ2v) is 5.29. The van der Waals surface area contributed by atoms with Crippen molar-refractivity contribution >= 4 is 35.0 Å². The molecule has 1 aromatic carbocycles. The average Bonchev–Trinajstić information content (AvgIpc) is 2.50. The smallest absolute Gasteiger partial charge is 0.347 e. The number of ketones is 1. The van der Waals surface area contributed by atoms with Crippen LogP contribution in [0.15, 0.2) is 24.3 Å². The van der Waals surface area contributed by atoms with Crippen LogP contribution in [-0.2, 0) is 9.53 Å². The van der Waals surface area contributed by atoms with Gasteiger partial charge in [-0.05, 0) is 38.0 Å². The molecule has 0 heterocycles. The van der Waals surface area contributed by atoms with Crippen LogP contribution in [0.25, 0.3) is 0 Å². The van der Waals surface area contributed by atoms with Gasteiger partial charge in [-0.15, -0.1) is 0 Å². The fraction of sp³-hybridized carbons (Fsp3) is 0.375. The lowest BCUT2D eigenvalue weighted by atomic mass is 10.0. The van der Waals surface area contributed by atoms with Gasteiger partial charge in [-0.25, -0.2) is 4.79 Å². The van der Waals surface area contributed by atoms with Crippen LogP contribution in [0, 0.1) is 0 Å². The van der Waals surface area contributed by atoms with E-state index >= 15 is 0 Å². The first-order chi connectivity index (χ1) is 10.3. The quantitative estimate of drug-likeness (QED) is 0.416. The number of benzene rings is 1. The molecule has 1 aromatic rings. The van der Waals surface area contributed by atoms with E-state index in [4.69, 9.17) is 32.7 Å². The van der Waals surface area contributed by atoms with Gasteiger partial charge in [0.05, 0.1) is 11.6 Å². The molecule has 0 aromatic heterocycles. The number of allylic oxidation sites excluding steroid dienone is 1. The molecular weight excluding hydrogens is 327 g/mol. The number of hydrogen-bond acceptors (Lipinski definition) is 4. The Kier molecular flexibility index (Phi) is 6.91. The van der Waals surface area contributed by atoms with Crippen molar-refractivity contribution in [3.05, 3.63) is 39.9 Å². The third kappa shape index (κ3) is 4.24. The van der Waals surface area contributed by atoms with Gasteiger partial charge >= 0.3 is 5.97 Å². The molecule has 0 bridgehead atoms. The summed E-state index contributed by atoms with van der Waals surface area (Å²) in [5.74, 6) is -0.556. The van der Waals surface area contributed by atoms with Crippen LogP contribution in [0.2, 0.25) is 10.0 Å². The minimum atomic E-state index is -0.833. The second kappa shape index (κ2) is 8.20. The Labute approximate surface area is 140 Å². The van der Waals surface area contributed by atoms with E-state index in [-0.39, 0.29) is 33.7 Å². The van der Waals surface area contributed by atoms with E-state index in [1.807, 2.05) is 6.92 Å². The highest BCUT2D eigenvalue weighted by Crippen LogP contribution is 2.36. The van der Waals surface area contributed by atoms with Gasteiger partial charge in [-0.1, -0.05) is 36.7 Å². The van der Waals surface area contributed by atoms with Crippen LogP contribution < -0.4 is 4.74 Å². The Hall–Kier alpha value is -1.52. The van der Waals surface area contributed by atoms with E-state index in [0.717, 1.165) is 0 Å². The van der Waals surface area contributed by atoms with Crippen LogP contribution >= 0.6 is 23.2 Å².